The van der Waals surface area contributed by atoms with E-state index in [1.165, 1.54) is 25.3 Å². The minimum atomic E-state index is -0.558. The van der Waals surface area contributed by atoms with E-state index in [4.69, 9.17) is 16.3 Å². The minimum Gasteiger partial charge on any atom is -0.468 e. The smallest absolute Gasteiger partial charge is 0.327 e. The molecular formula is C20H19BrClFN2O3. The first-order valence-corrected chi connectivity index (χ1v) is 9.89. The second kappa shape index (κ2) is 9.03. The molecule has 1 heterocycles. The van der Waals surface area contributed by atoms with Crippen LogP contribution in [0, 0.1) is 5.82 Å². The van der Waals surface area contributed by atoms with Gasteiger partial charge in [0.15, 0.2) is 0 Å². The van der Waals surface area contributed by atoms with Crippen molar-refractivity contribution in [1.29, 1.82) is 0 Å². The van der Waals surface area contributed by atoms with E-state index in [1.807, 2.05) is 4.90 Å². The van der Waals surface area contributed by atoms with Crippen LogP contribution in [0.5, 0.6) is 0 Å². The summed E-state index contributed by atoms with van der Waals surface area (Å²) < 4.78 is 18.7. The molecule has 148 valence electrons. The molecule has 0 radical (unpaired) electrons. The van der Waals surface area contributed by atoms with Crippen molar-refractivity contribution in [2.24, 2.45) is 0 Å². The Morgan fingerprint density at radius 2 is 1.75 bits per heavy atom. The number of esters is 1. The molecule has 1 aliphatic heterocycles. The molecule has 28 heavy (non-hydrogen) atoms. The van der Waals surface area contributed by atoms with Crippen molar-refractivity contribution >= 4 is 39.4 Å². The number of rotatable bonds is 4. The van der Waals surface area contributed by atoms with E-state index in [1.54, 1.807) is 29.2 Å². The van der Waals surface area contributed by atoms with Gasteiger partial charge in [0.2, 0.25) is 0 Å². The normalized spacial score (nSPS) is 15.9. The molecule has 0 bridgehead atoms. The summed E-state index contributed by atoms with van der Waals surface area (Å²) in [5.74, 6) is -0.937. The highest BCUT2D eigenvalue weighted by Gasteiger charge is 2.32. The zero-order valence-electron chi connectivity index (χ0n) is 15.2. The molecule has 0 saturated carbocycles. The van der Waals surface area contributed by atoms with Gasteiger partial charge < -0.3 is 9.64 Å². The van der Waals surface area contributed by atoms with Crippen molar-refractivity contribution in [3.63, 3.8) is 0 Å². The second-order valence-corrected chi connectivity index (χ2v) is 7.72. The molecule has 1 fully saturated rings. The number of methoxy groups -OCH3 is 1. The third kappa shape index (κ3) is 4.54. The predicted octanol–water partition coefficient (Wildman–Crippen LogP) is 3.91. The van der Waals surface area contributed by atoms with Gasteiger partial charge >= 0.3 is 5.97 Å². The number of carbonyl (C=O) groups is 2. The number of halogens is 3. The van der Waals surface area contributed by atoms with Gasteiger partial charge in [0.05, 0.1) is 12.7 Å². The lowest BCUT2D eigenvalue weighted by Gasteiger charge is -2.38. The Balaban J connectivity index is 1.72. The fourth-order valence-corrected chi connectivity index (χ4v) is 3.92. The van der Waals surface area contributed by atoms with Crippen molar-refractivity contribution in [3.05, 3.63) is 68.9 Å². The van der Waals surface area contributed by atoms with Gasteiger partial charge in [0, 0.05) is 35.7 Å². The van der Waals surface area contributed by atoms with Gasteiger partial charge in [-0.25, -0.2) is 9.18 Å². The van der Waals surface area contributed by atoms with Crippen LogP contribution in [0.1, 0.15) is 22.0 Å². The Hall–Kier alpha value is -1.96. The molecule has 8 heteroatoms. The van der Waals surface area contributed by atoms with Gasteiger partial charge in [0.1, 0.15) is 11.9 Å². The number of nitrogens with zero attached hydrogens (tertiary/aromatic N) is 2. The second-order valence-electron chi connectivity index (χ2n) is 6.43. The first-order chi connectivity index (χ1) is 13.4. The van der Waals surface area contributed by atoms with Crippen LogP contribution in [0.4, 0.5) is 4.39 Å². The van der Waals surface area contributed by atoms with Gasteiger partial charge in [-0.15, -0.1) is 0 Å². The van der Waals surface area contributed by atoms with Crippen molar-refractivity contribution in [3.8, 4) is 0 Å². The number of ether oxygens (including phenoxy) is 1. The van der Waals surface area contributed by atoms with E-state index in [0.717, 1.165) is 5.56 Å². The molecule has 5 nitrogen and oxygen atoms in total. The topological polar surface area (TPSA) is 49.9 Å². The third-order valence-corrected chi connectivity index (χ3v) is 5.65. The lowest BCUT2D eigenvalue weighted by molar-refractivity contribution is -0.148. The monoisotopic (exact) mass is 468 g/mol. The summed E-state index contributed by atoms with van der Waals surface area (Å²) >= 11 is 9.19. The molecule has 3 rings (SSSR count). The summed E-state index contributed by atoms with van der Waals surface area (Å²) in [7, 11) is 1.36. The lowest BCUT2D eigenvalue weighted by Crippen LogP contribution is -2.51. The number of carbonyl (C=O) groups excluding carboxylic acids is 2. The van der Waals surface area contributed by atoms with Crippen molar-refractivity contribution in [2.45, 2.75) is 6.04 Å². The van der Waals surface area contributed by atoms with Crippen LogP contribution in [0.15, 0.2) is 46.9 Å². The summed E-state index contributed by atoms with van der Waals surface area (Å²) in [4.78, 5) is 28.8. The lowest BCUT2D eigenvalue weighted by atomic mass is 10.0. The highest BCUT2D eigenvalue weighted by molar-refractivity contribution is 9.10. The van der Waals surface area contributed by atoms with E-state index in [9.17, 15) is 14.0 Å². The largest absolute Gasteiger partial charge is 0.468 e. The van der Waals surface area contributed by atoms with Crippen LogP contribution in [0.2, 0.25) is 5.02 Å². The van der Waals surface area contributed by atoms with Gasteiger partial charge in [0.25, 0.3) is 5.91 Å². The molecule has 1 amide bonds. The van der Waals surface area contributed by atoms with Gasteiger partial charge in [-0.05, 0) is 51.8 Å². The fraction of sp³-hybridized carbons (Fsp3) is 0.300. The number of benzene rings is 2. The maximum absolute atomic E-state index is 13.3. The van der Waals surface area contributed by atoms with Crippen LogP contribution < -0.4 is 0 Å². The van der Waals surface area contributed by atoms with Crippen LogP contribution in [-0.4, -0.2) is 55.0 Å². The Morgan fingerprint density at radius 3 is 2.32 bits per heavy atom. The molecule has 0 N–H and O–H groups in total. The minimum absolute atomic E-state index is 0.173. The molecule has 1 atom stereocenters. The summed E-state index contributed by atoms with van der Waals surface area (Å²) in [6.45, 7) is 1.91. The van der Waals surface area contributed by atoms with E-state index in [2.05, 4.69) is 15.9 Å². The van der Waals surface area contributed by atoms with E-state index >= 15 is 0 Å². The summed E-state index contributed by atoms with van der Waals surface area (Å²) in [6.07, 6.45) is 0. The number of hydrogen-bond donors (Lipinski definition) is 0. The van der Waals surface area contributed by atoms with E-state index in [0.29, 0.717) is 41.2 Å². The SMILES string of the molecule is COC(=O)C(c1ccc(Cl)cc1)N1CCN(C(=O)c2ccc(F)cc2Br)CC1. The molecule has 1 unspecified atom stereocenters. The quantitative estimate of drug-likeness (QED) is 0.637. The fourth-order valence-electron chi connectivity index (χ4n) is 3.27. The molecule has 1 saturated heterocycles. The molecule has 0 aliphatic carbocycles. The van der Waals surface area contributed by atoms with E-state index in [-0.39, 0.29) is 11.9 Å². The van der Waals surface area contributed by atoms with Crippen molar-refractivity contribution in [2.75, 3.05) is 33.3 Å². The zero-order valence-corrected chi connectivity index (χ0v) is 17.5. The van der Waals surface area contributed by atoms with Crippen molar-refractivity contribution < 1.29 is 18.7 Å². The Bertz CT molecular complexity index is 870. The molecule has 2 aromatic rings. The van der Waals surface area contributed by atoms with E-state index < -0.39 is 11.9 Å². The molecular weight excluding hydrogens is 451 g/mol. The number of amides is 1. The maximum Gasteiger partial charge on any atom is 0.327 e. The van der Waals surface area contributed by atoms with Gasteiger partial charge in [-0.1, -0.05) is 23.7 Å². The Kier molecular flexibility index (Phi) is 6.69. The molecule has 0 spiro atoms. The van der Waals surface area contributed by atoms with Gasteiger partial charge in [-0.2, -0.15) is 0 Å². The maximum atomic E-state index is 13.3. The highest BCUT2D eigenvalue weighted by atomic mass is 79.9. The summed E-state index contributed by atoms with van der Waals surface area (Å²) in [6, 6.07) is 10.5. The predicted molar refractivity (Wildman–Crippen MR) is 108 cm³/mol. The molecule has 1 aliphatic rings. The number of hydrogen-bond acceptors (Lipinski definition) is 4. The van der Waals surface area contributed by atoms with Crippen LogP contribution >= 0.6 is 27.5 Å². The highest BCUT2D eigenvalue weighted by Crippen LogP contribution is 2.26. The van der Waals surface area contributed by atoms with Gasteiger partial charge in [-0.3, -0.25) is 9.69 Å². The van der Waals surface area contributed by atoms with Crippen LogP contribution in [-0.2, 0) is 9.53 Å². The molecule has 2 aromatic carbocycles. The Labute approximate surface area is 176 Å². The third-order valence-electron chi connectivity index (χ3n) is 4.74. The average molecular weight is 470 g/mol. The number of piperazine rings is 1. The summed E-state index contributed by atoms with van der Waals surface area (Å²) in [5, 5.41) is 0.590. The standard InChI is InChI=1S/C20H19BrClFN2O3/c1-28-20(27)18(13-2-4-14(22)5-3-13)24-8-10-25(11-9-24)19(26)16-7-6-15(23)12-17(16)21/h2-7,12,18H,8-11H2,1H3. The molecule has 0 aromatic heterocycles. The van der Waals surface area contributed by atoms with Crippen LogP contribution in [0.3, 0.4) is 0 Å². The van der Waals surface area contributed by atoms with Crippen LogP contribution in [0.25, 0.3) is 0 Å². The Morgan fingerprint density at radius 1 is 1.11 bits per heavy atom. The average Bonchev–Trinajstić information content (AvgIpc) is 2.69. The van der Waals surface area contributed by atoms with Crippen molar-refractivity contribution in [1.82, 2.24) is 9.80 Å². The first kappa shape index (κ1) is 20.8. The summed E-state index contributed by atoms with van der Waals surface area (Å²) in [5.41, 5.74) is 1.20. The first-order valence-electron chi connectivity index (χ1n) is 8.72. The zero-order chi connectivity index (χ0) is 20.3.